The Labute approximate surface area is 203 Å². The number of methoxy groups -OCH3 is 1. The van der Waals surface area contributed by atoms with E-state index in [-0.39, 0.29) is 35.5 Å². The van der Waals surface area contributed by atoms with E-state index in [1.165, 1.54) is 17.2 Å². The van der Waals surface area contributed by atoms with Gasteiger partial charge in [0.1, 0.15) is 5.56 Å². The third-order valence-electron chi connectivity index (χ3n) is 5.88. The number of nitrogens with zero attached hydrogens (tertiary/aromatic N) is 4. The second kappa shape index (κ2) is 10.5. The predicted molar refractivity (Wildman–Crippen MR) is 118 cm³/mol. The van der Waals surface area contributed by atoms with Crippen molar-refractivity contribution in [3.8, 4) is 11.6 Å². The number of ether oxygens (including phenoxy) is 2. The van der Waals surface area contributed by atoms with Crippen LogP contribution in [-0.4, -0.2) is 50.3 Å². The summed E-state index contributed by atoms with van der Waals surface area (Å²) in [6, 6.07) is 2.46. The van der Waals surface area contributed by atoms with Gasteiger partial charge in [-0.05, 0) is 37.3 Å². The first-order chi connectivity index (χ1) is 17.1. The highest BCUT2D eigenvalue weighted by Crippen LogP contribution is 2.39. The van der Waals surface area contributed by atoms with E-state index in [0.717, 1.165) is 37.2 Å². The number of carboxylic acids is 1. The summed E-state index contributed by atoms with van der Waals surface area (Å²) in [5, 5.41) is 20.4. The van der Waals surface area contributed by atoms with Crippen molar-refractivity contribution in [3.63, 3.8) is 0 Å². The van der Waals surface area contributed by atoms with E-state index in [1.807, 2.05) is 0 Å². The first kappa shape index (κ1) is 25.4. The van der Waals surface area contributed by atoms with Gasteiger partial charge in [0.2, 0.25) is 5.88 Å². The summed E-state index contributed by atoms with van der Waals surface area (Å²) in [7, 11) is 1.62. The number of hydrogen-bond acceptors (Lipinski definition) is 7. The van der Waals surface area contributed by atoms with Crippen LogP contribution in [0.4, 0.5) is 23.2 Å². The zero-order valence-corrected chi connectivity index (χ0v) is 19.1. The molecule has 2 heterocycles. The summed E-state index contributed by atoms with van der Waals surface area (Å²) in [6.45, 7) is -0.0758. The number of nitrogens with one attached hydrogen (secondary N) is 1. The Balaban J connectivity index is 1.60. The standard InChI is InChI=1S/C23H23F4N5O4/c1-35-15-4-2-14(3-5-15)31-19-10-18(24)20(9-16(19)22(33)34)36-21-17(23(25,26)27)8-13(11-28-21)12-32-29-6-7-30-32/h6-11,14-15,31H,2-5,12H2,1H3,(H,33,34). The van der Waals surface area contributed by atoms with Crippen LogP contribution in [0.1, 0.15) is 47.2 Å². The second-order valence-corrected chi connectivity index (χ2v) is 8.34. The Morgan fingerprint density at radius 2 is 1.86 bits per heavy atom. The molecule has 0 aliphatic heterocycles. The molecule has 0 radical (unpaired) electrons. The normalized spacial score (nSPS) is 18.1. The quantitative estimate of drug-likeness (QED) is 0.419. The van der Waals surface area contributed by atoms with E-state index >= 15 is 0 Å². The smallest absolute Gasteiger partial charge is 0.421 e. The van der Waals surface area contributed by atoms with Crippen LogP contribution in [0.5, 0.6) is 11.6 Å². The fourth-order valence-electron chi connectivity index (χ4n) is 4.05. The molecular formula is C23H23F4N5O4. The van der Waals surface area contributed by atoms with Crippen LogP contribution in [0.3, 0.4) is 0 Å². The SMILES string of the molecule is COC1CCC(Nc2cc(F)c(Oc3ncc(Cn4nccn4)cc3C(F)(F)F)cc2C(=O)O)CC1. The molecule has 0 bridgehead atoms. The molecule has 4 rings (SSSR count). The number of pyridine rings is 1. The zero-order chi connectivity index (χ0) is 25.9. The average Bonchev–Trinajstić information content (AvgIpc) is 3.34. The highest BCUT2D eigenvalue weighted by Gasteiger charge is 2.36. The highest BCUT2D eigenvalue weighted by molar-refractivity contribution is 5.95. The van der Waals surface area contributed by atoms with Crippen LogP contribution in [0.25, 0.3) is 0 Å². The number of rotatable bonds is 8. The van der Waals surface area contributed by atoms with E-state index < -0.39 is 35.2 Å². The lowest BCUT2D eigenvalue weighted by Gasteiger charge is -2.29. The number of benzene rings is 1. The van der Waals surface area contributed by atoms with Gasteiger partial charge in [-0.1, -0.05) is 0 Å². The molecule has 192 valence electrons. The number of carboxylic acid groups (broad SMARTS) is 1. The molecule has 36 heavy (non-hydrogen) atoms. The third kappa shape index (κ3) is 5.90. The number of aromatic nitrogens is 4. The van der Waals surface area contributed by atoms with Gasteiger partial charge in [-0.15, -0.1) is 0 Å². The van der Waals surface area contributed by atoms with E-state index in [9.17, 15) is 27.5 Å². The summed E-state index contributed by atoms with van der Waals surface area (Å²) in [5.74, 6) is -4.03. The summed E-state index contributed by atoms with van der Waals surface area (Å²) in [6.07, 6.45) is 2.03. The lowest BCUT2D eigenvalue weighted by atomic mass is 9.92. The first-order valence-electron chi connectivity index (χ1n) is 11.1. The highest BCUT2D eigenvalue weighted by atomic mass is 19.4. The fraction of sp³-hybridized carbons (Fsp3) is 0.391. The molecule has 0 atom stereocenters. The second-order valence-electron chi connectivity index (χ2n) is 8.34. The van der Waals surface area contributed by atoms with E-state index in [0.29, 0.717) is 12.8 Å². The van der Waals surface area contributed by atoms with Crippen LogP contribution in [0.15, 0.2) is 36.8 Å². The molecule has 1 aliphatic carbocycles. The minimum absolute atomic E-state index is 0.0132. The Kier molecular flexibility index (Phi) is 7.38. The van der Waals surface area contributed by atoms with Crippen molar-refractivity contribution in [1.82, 2.24) is 20.0 Å². The molecule has 1 fully saturated rings. The molecule has 2 N–H and O–H groups in total. The number of hydrogen-bond donors (Lipinski definition) is 2. The Morgan fingerprint density at radius 1 is 1.17 bits per heavy atom. The van der Waals surface area contributed by atoms with Crippen molar-refractivity contribution in [3.05, 3.63) is 59.3 Å². The molecule has 0 saturated heterocycles. The number of aromatic carboxylic acids is 1. The third-order valence-corrected chi connectivity index (χ3v) is 5.88. The molecule has 0 amide bonds. The summed E-state index contributed by atoms with van der Waals surface area (Å²) < 4.78 is 66.6. The summed E-state index contributed by atoms with van der Waals surface area (Å²) >= 11 is 0. The maximum absolute atomic E-state index is 14.9. The van der Waals surface area contributed by atoms with E-state index in [1.54, 1.807) is 7.11 Å². The molecule has 9 nitrogen and oxygen atoms in total. The number of alkyl halides is 3. The van der Waals surface area contributed by atoms with Gasteiger partial charge in [-0.3, -0.25) is 0 Å². The lowest BCUT2D eigenvalue weighted by molar-refractivity contribution is -0.139. The number of carbonyl (C=O) groups is 1. The molecular weight excluding hydrogens is 486 g/mol. The molecule has 0 unspecified atom stereocenters. The summed E-state index contributed by atoms with van der Waals surface area (Å²) in [5.41, 5.74) is -1.43. The van der Waals surface area contributed by atoms with Gasteiger partial charge in [0.05, 0.1) is 36.3 Å². The van der Waals surface area contributed by atoms with E-state index in [2.05, 4.69) is 20.5 Å². The Hall–Kier alpha value is -3.74. The maximum Gasteiger partial charge on any atom is 0.421 e. The molecule has 0 spiro atoms. The van der Waals surface area contributed by atoms with Gasteiger partial charge in [0.15, 0.2) is 11.6 Å². The van der Waals surface area contributed by atoms with Gasteiger partial charge in [0.25, 0.3) is 0 Å². The average molecular weight is 509 g/mol. The van der Waals surface area contributed by atoms with Gasteiger partial charge in [0, 0.05) is 31.5 Å². The number of anilines is 1. The predicted octanol–water partition coefficient (Wildman–Crippen LogP) is 4.74. The first-order valence-corrected chi connectivity index (χ1v) is 11.1. The molecule has 2 aromatic heterocycles. The molecule has 3 aromatic rings. The van der Waals surface area contributed by atoms with Crippen LogP contribution in [0, 0.1) is 5.82 Å². The van der Waals surface area contributed by atoms with E-state index in [4.69, 9.17) is 9.47 Å². The van der Waals surface area contributed by atoms with Crippen molar-refractivity contribution < 1.29 is 36.9 Å². The van der Waals surface area contributed by atoms with Crippen molar-refractivity contribution in [2.24, 2.45) is 0 Å². The van der Waals surface area contributed by atoms with Gasteiger partial charge < -0.3 is 19.9 Å². The molecule has 1 aromatic carbocycles. The zero-order valence-electron chi connectivity index (χ0n) is 19.1. The molecule has 1 aliphatic rings. The minimum atomic E-state index is -4.87. The van der Waals surface area contributed by atoms with Crippen molar-refractivity contribution in [2.45, 2.75) is 50.6 Å². The van der Waals surface area contributed by atoms with Gasteiger partial charge >= 0.3 is 12.1 Å². The monoisotopic (exact) mass is 509 g/mol. The van der Waals surface area contributed by atoms with Crippen molar-refractivity contribution in [2.75, 3.05) is 12.4 Å². The summed E-state index contributed by atoms with van der Waals surface area (Å²) in [4.78, 5) is 16.7. The lowest BCUT2D eigenvalue weighted by Crippen LogP contribution is -2.29. The minimum Gasteiger partial charge on any atom is -0.478 e. The van der Waals surface area contributed by atoms with Crippen LogP contribution >= 0.6 is 0 Å². The number of halogens is 4. The molecule has 13 heteroatoms. The van der Waals surface area contributed by atoms with Crippen LogP contribution in [0.2, 0.25) is 0 Å². The van der Waals surface area contributed by atoms with Crippen molar-refractivity contribution >= 4 is 11.7 Å². The van der Waals surface area contributed by atoms with Gasteiger partial charge in [-0.25, -0.2) is 14.2 Å². The van der Waals surface area contributed by atoms with Gasteiger partial charge in [-0.2, -0.15) is 28.2 Å². The molecule has 1 saturated carbocycles. The maximum atomic E-state index is 14.9. The Morgan fingerprint density at radius 3 is 2.47 bits per heavy atom. The van der Waals surface area contributed by atoms with Crippen LogP contribution < -0.4 is 10.1 Å². The van der Waals surface area contributed by atoms with Crippen LogP contribution in [-0.2, 0) is 17.5 Å². The topological polar surface area (TPSA) is 111 Å². The van der Waals surface area contributed by atoms with Crippen molar-refractivity contribution in [1.29, 1.82) is 0 Å². The largest absolute Gasteiger partial charge is 0.478 e. The fourth-order valence-corrected chi connectivity index (χ4v) is 4.05. The Bertz CT molecular complexity index is 1210.